The van der Waals surface area contributed by atoms with E-state index >= 15 is 0 Å². The van der Waals surface area contributed by atoms with Crippen molar-refractivity contribution >= 4 is 11.6 Å². The largest absolute Gasteiger partial charge is 0.363 e. The predicted octanol–water partition coefficient (Wildman–Crippen LogP) is 2.13. The molecule has 2 rings (SSSR count). The average molecular weight is 253 g/mol. The van der Waals surface area contributed by atoms with Crippen LogP contribution >= 0.6 is 11.6 Å². The van der Waals surface area contributed by atoms with Gasteiger partial charge >= 0.3 is 0 Å². The molecule has 0 aliphatic rings. The van der Waals surface area contributed by atoms with E-state index in [9.17, 15) is 10.2 Å². The quantitative estimate of drug-likeness (QED) is 0.823. The van der Waals surface area contributed by atoms with Crippen LogP contribution in [0.3, 0.4) is 0 Å². The summed E-state index contributed by atoms with van der Waals surface area (Å²) in [5.74, 6) is 0. The Hall–Kier alpha value is -1.36. The van der Waals surface area contributed by atoms with E-state index in [1.54, 1.807) is 4.57 Å². The molecule has 0 bridgehead atoms. The molecule has 1 atom stereocenters. The van der Waals surface area contributed by atoms with E-state index in [-0.39, 0.29) is 17.0 Å². The van der Waals surface area contributed by atoms with Crippen molar-refractivity contribution in [1.82, 2.24) is 9.55 Å². The molecule has 0 amide bonds. The van der Waals surface area contributed by atoms with E-state index in [1.807, 2.05) is 37.3 Å². The van der Waals surface area contributed by atoms with E-state index < -0.39 is 6.29 Å². The van der Waals surface area contributed by atoms with E-state index in [4.69, 9.17) is 11.6 Å². The Morgan fingerprint density at radius 2 is 1.88 bits per heavy atom. The molecule has 17 heavy (non-hydrogen) atoms. The molecule has 0 aliphatic carbocycles. The van der Waals surface area contributed by atoms with Gasteiger partial charge in [-0.25, -0.2) is 4.98 Å². The van der Waals surface area contributed by atoms with Crippen molar-refractivity contribution in [2.45, 2.75) is 19.3 Å². The maximum absolute atomic E-state index is 9.25. The fraction of sp³-hybridized carbons (Fsp3) is 0.250. The highest BCUT2D eigenvalue weighted by atomic mass is 35.5. The second-order valence-corrected chi connectivity index (χ2v) is 4.12. The van der Waals surface area contributed by atoms with Crippen LogP contribution in [0.25, 0.3) is 0 Å². The summed E-state index contributed by atoms with van der Waals surface area (Å²) >= 11 is 5.96. The maximum atomic E-state index is 9.25. The van der Waals surface area contributed by atoms with Crippen molar-refractivity contribution in [3.8, 4) is 0 Å². The highest BCUT2D eigenvalue weighted by Gasteiger charge is 2.19. The normalized spacial score (nSPS) is 13.0. The second kappa shape index (κ2) is 4.87. The highest BCUT2D eigenvalue weighted by Crippen LogP contribution is 2.26. The highest BCUT2D eigenvalue weighted by molar-refractivity contribution is 6.28. The summed E-state index contributed by atoms with van der Waals surface area (Å²) in [6.07, 6.45) is -0.215. The van der Waals surface area contributed by atoms with Crippen LogP contribution in [0.5, 0.6) is 0 Å². The number of aromatic nitrogens is 2. The zero-order chi connectivity index (χ0) is 12.4. The number of aliphatic hydroxyl groups is 2. The first-order valence-electron chi connectivity index (χ1n) is 5.25. The van der Waals surface area contributed by atoms with Crippen molar-refractivity contribution in [2.75, 3.05) is 0 Å². The van der Waals surface area contributed by atoms with Crippen molar-refractivity contribution in [1.29, 1.82) is 0 Å². The maximum Gasteiger partial charge on any atom is 0.203 e. The second-order valence-electron chi connectivity index (χ2n) is 3.78. The molecule has 0 radical (unpaired) electrons. The van der Waals surface area contributed by atoms with Crippen LogP contribution in [0.2, 0.25) is 5.28 Å². The Kier molecular flexibility index (Phi) is 3.47. The molecular formula is C12H13ClN2O2. The minimum Gasteiger partial charge on any atom is -0.363 e. The molecule has 5 heteroatoms. The summed E-state index contributed by atoms with van der Waals surface area (Å²) < 4.78 is 1.60. The van der Waals surface area contributed by atoms with Crippen molar-refractivity contribution in [3.63, 3.8) is 0 Å². The van der Waals surface area contributed by atoms with Gasteiger partial charge in [0.1, 0.15) is 0 Å². The fourth-order valence-electron chi connectivity index (χ4n) is 1.81. The minimum absolute atomic E-state index is 0.108. The van der Waals surface area contributed by atoms with Gasteiger partial charge < -0.3 is 14.8 Å². The summed E-state index contributed by atoms with van der Waals surface area (Å²) in [6, 6.07) is 9.57. The molecule has 0 fully saturated rings. The van der Waals surface area contributed by atoms with E-state index in [0.29, 0.717) is 0 Å². The molecule has 1 aromatic carbocycles. The number of hydrogen-bond acceptors (Lipinski definition) is 3. The third kappa shape index (κ3) is 2.34. The SMILES string of the molecule is CC(c1ccccc1)n1c(C(O)O)cnc1Cl. The lowest BCUT2D eigenvalue weighted by Gasteiger charge is -2.18. The summed E-state index contributed by atoms with van der Waals surface area (Å²) in [5, 5.41) is 18.7. The molecule has 1 aromatic heterocycles. The molecule has 0 aliphatic heterocycles. The predicted molar refractivity (Wildman–Crippen MR) is 64.7 cm³/mol. The molecular weight excluding hydrogens is 240 g/mol. The van der Waals surface area contributed by atoms with Gasteiger partial charge in [-0.2, -0.15) is 0 Å². The number of benzene rings is 1. The lowest BCUT2D eigenvalue weighted by molar-refractivity contribution is -0.0487. The van der Waals surface area contributed by atoms with Gasteiger partial charge in [-0.05, 0) is 24.1 Å². The molecule has 2 aromatic rings. The zero-order valence-corrected chi connectivity index (χ0v) is 10.0. The van der Waals surface area contributed by atoms with Crippen LogP contribution in [0.15, 0.2) is 36.5 Å². The van der Waals surface area contributed by atoms with Gasteiger partial charge in [-0.15, -0.1) is 0 Å². The number of imidazole rings is 1. The first-order chi connectivity index (χ1) is 8.11. The molecule has 1 unspecified atom stereocenters. The lowest BCUT2D eigenvalue weighted by atomic mass is 10.1. The molecule has 4 nitrogen and oxygen atoms in total. The van der Waals surface area contributed by atoms with E-state index in [1.165, 1.54) is 6.20 Å². The molecule has 90 valence electrons. The smallest absolute Gasteiger partial charge is 0.203 e. The van der Waals surface area contributed by atoms with Crippen LogP contribution in [0.4, 0.5) is 0 Å². The Labute approximate surface area is 104 Å². The first kappa shape index (κ1) is 12.1. The third-order valence-electron chi connectivity index (χ3n) is 2.71. The Morgan fingerprint density at radius 1 is 1.24 bits per heavy atom. The molecule has 0 saturated carbocycles. The van der Waals surface area contributed by atoms with Gasteiger partial charge in [0.2, 0.25) is 5.28 Å². The molecule has 2 N–H and O–H groups in total. The van der Waals surface area contributed by atoms with Gasteiger partial charge in [0.05, 0.1) is 17.9 Å². The minimum atomic E-state index is -1.58. The topological polar surface area (TPSA) is 58.3 Å². The number of aliphatic hydroxyl groups excluding tert-OH is 1. The third-order valence-corrected chi connectivity index (χ3v) is 2.99. The van der Waals surface area contributed by atoms with Crippen LogP contribution in [0.1, 0.15) is 30.5 Å². The van der Waals surface area contributed by atoms with E-state index in [2.05, 4.69) is 4.98 Å². The number of halogens is 1. The Bertz CT molecular complexity index is 496. The Morgan fingerprint density at radius 3 is 2.47 bits per heavy atom. The lowest BCUT2D eigenvalue weighted by Crippen LogP contribution is -2.13. The van der Waals surface area contributed by atoms with Crippen molar-refractivity contribution in [3.05, 3.63) is 53.1 Å². The van der Waals surface area contributed by atoms with Gasteiger partial charge in [-0.1, -0.05) is 30.3 Å². The monoisotopic (exact) mass is 252 g/mol. The Balaban J connectivity index is 2.43. The molecule has 1 heterocycles. The average Bonchev–Trinajstić information content (AvgIpc) is 2.71. The van der Waals surface area contributed by atoms with Crippen molar-refractivity contribution in [2.24, 2.45) is 0 Å². The zero-order valence-electron chi connectivity index (χ0n) is 9.29. The summed E-state index contributed by atoms with van der Waals surface area (Å²) in [5.41, 5.74) is 1.31. The number of rotatable bonds is 3. The molecule has 0 saturated heterocycles. The van der Waals surface area contributed by atoms with Crippen LogP contribution < -0.4 is 0 Å². The van der Waals surface area contributed by atoms with E-state index in [0.717, 1.165) is 5.56 Å². The standard InChI is InChI=1S/C12H13ClN2O2/c1-8(9-5-3-2-4-6-9)15-10(11(16)17)7-14-12(15)13/h2-8,11,16-17H,1H3. The van der Waals surface area contributed by atoms with Crippen LogP contribution in [-0.2, 0) is 0 Å². The van der Waals surface area contributed by atoms with Crippen molar-refractivity contribution < 1.29 is 10.2 Å². The summed E-state index contributed by atoms with van der Waals surface area (Å²) in [6.45, 7) is 1.93. The summed E-state index contributed by atoms with van der Waals surface area (Å²) in [7, 11) is 0. The molecule has 0 spiro atoms. The van der Waals surface area contributed by atoms with Gasteiger partial charge in [0, 0.05) is 0 Å². The first-order valence-corrected chi connectivity index (χ1v) is 5.62. The summed E-state index contributed by atoms with van der Waals surface area (Å²) in [4.78, 5) is 3.89. The van der Waals surface area contributed by atoms with Gasteiger partial charge in [0.25, 0.3) is 0 Å². The fourth-order valence-corrected chi connectivity index (χ4v) is 2.10. The van der Waals surface area contributed by atoms with Gasteiger partial charge in [0.15, 0.2) is 6.29 Å². The number of hydrogen-bond donors (Lipinski definition) is 2. The van der Waals surface area contributed by atoms with Crippen LogP contribution in [-0.4, -0.2) is 19.8 Å². The van der Waals surface area contributed by atoms with Gasteiger partial charge in [-0.3, -0.25) is 0 Å². The van der Waals surface area contributed by atoms with Crippen LogP contribution in [0, 0.1) is 0 Å². The number of nitrogens with zero attached hydrogens (tertiary/aromatic N) is 2.